The molecule has 0 spiro atoms. The van der Waals surface area contributed by atoms with Gasteiger partial charge in [0.2, 0.25) is 0 Å². The monoisotopic (exact) mass is 792 g/mol. The summed E-state index contributed by atoms with van der Waals surface area (Å²) in [5.41, 5.74) is 2.51. The summed E-state index contributed by atoms with van der Waals surface area (Å²) in [6.45, 7) is 8.30. The quantitative estimate of drug-likeness (QED) is 0.177. The van der Waals surface area contributed by atoms with Gasteiger partial charge >= 0.3 is 0 Å². The summed E-state index contributed by atoms with van der Waals surface area (Å²) in [5.74, 6) is -0.680. The number of hydrogen-bond acceptors (Lipinski definition) is 6. The Morgan fingerprint density at radius 1 is 0.857 bits per heavy atom. The molecule has 1 aliphatic heterocycles. The molecule has 0 N–H and O–H groups in total. The van der Waals surface area contributed by atoms with Crippen molar-refractivity contribution in [2.75, 3.05) is 0 Å². The van der Waals surface area contributed by atoms with Crippen molar-refractivity contribution in [2.24, 2.45) is 7.05 Å². The van der Waals surface area contributed by atoms with E-state index in [0.717, 1.165) is 52.4 Å². The molecular formula is C43H42F2N6O3S2. The van der Waals surface area contributed by atoms with Gasteiger partial charge in [-0.15, -0.1) is 0 Å². The van der Waals surface area contributed by atoms with Crippen molar-refractivity contribution in [1.82, 2.24) is 28.5 Å². The van der Waals surface area contributed by atoms with E-state index in [2.05, 4.69) is 38.0 Å². The maximum atomic E-state index is 16.8. The first-order valence-corrected chi connectivity index (χ1v) is 21.1. The molecule has 13 heteroatoms. The average Bonchev–Trinajstić information content (AvgIpc) is 3.93. The molecule has 4 heterocycles. The predicted molar refractivity (Wildman–Crippen MR) is 212 cm³/mol. The van der Waals surface area contributed by atoms with Gasteiger partial charge in [0, 0.05) is 41.4 Å². The van der Waals surface area contributed by atoms with Crippen LogP contribution in [0.4, 0.5) is 8.78 Å². The van der Waals surface area contributed by atoms with Gasteiger partial charge in [-0.1, -0.05) is 74.7 Å². The van der Waals surface area contributed by atoms with E-state index >= 15 is 8.78 Å². The highest BCUT2D eigenvalue weighted by Gasteiger charge is 2.35. The third kappa shape index (κ3) is 6.50. The molecule has 0 saturated heterocycles. The van der Waals surface area contributed by atoms with Crippen LogP contribution in [-0.4, -0.2) is 41.1 Å². The molecular weight excluding hydrogens is 751 g/mol. The summed E-state index contributed by atoms with van der Waals surface area (Å²) in [7, 11) is -4.61. The normalized spacial score (nSPS) is 18.9. The summed E-state index contributed by atoms with van der Waals surface area (Å²) in [6.07, 6.45) is 8.46. The van der Waals surface area contributed by atoms with E-state index in [1.54, 1.807) is 36.1 Å². The van der Waals surface area contributed by atoms with Gasteiger partial charge in [-0.05, 0) is 79.6 Å². The maximum Gasteiger partial charge on any atom is 0.268 e. The van der Waals surface area contributed by atoms with Gasteiger partial charge in [0.05, 0.1) is 49.8 Å². The molecule has 0 aliphatic carbocycles. The number of benzene rings is 4. The van der Waals surface area contributed by atoms with Crippen LogP contribution < -0.4 is 0 Å². The lowest BCUT2D eigenvalue weighted by atomic mass is 9.76. The molecule has 288 valence electrons. The molecule has 4 aromatic carbocycles. The highest BCUT2D eigenvalue weighted by molar-refractivity contribution is 7.90. The van der Waals surface area contributed by atoms with Gasteiger partial charge in [-0.25, -0.2) is 35.0 Å². The van der Waals surface area contributed by atoms with Crippen molar-refractivity contribution in [3.63, 3.8) is 0 Å². The number of halogens is 2. The Morgan fingerprint density at radius 3 is 2.34 bits per heavy atom. The highest BCUT2D eigenvalue weighted by Crippen LogP contribution is 2.40. The van der Waals surface area contributed by atoms with E-state index in [4.69, 9.17) is 10.1 Å². The predicted octanol–water partition coefficient (Wildman–Crippen LogP) is 8.83. The topological polar surface area (TPSA) is 105 Å². The molecule has 2 atom stereocenters. The zero-order valence-electron chi connectivity index (χ0n) is 31.8. The van der Waals surface area contributed by atoms with Gasteiger partial charge in [-0.3, -0.25) is 4.68 Å². The number of aromatic nitrogens is 6. The van der Waals surface area contributed by atoms with Gasteiger partial charge in [0.25, 0.3) is 10.0 Å². The van der Waals surface area contributed by atoms with Crippen molar-refractivity contribution in [1.29, 1.82) is 0 Å². The molecule has 3 aromatic heterocycles. The zero-order valence-corrected chi connectivity index (χ0v) is 33.5. The molecule has 7 aromatic rings. The number of hydrogen-bond donors (Lipinski definition) is 0. The second-order valence-electron chi connectivity index (χ2n) is 15.5. The molecule has 6 bridgehead atoms. The van der Waals surface area contributed by atoms with Crippen LogP contribution in [0.25, 0.3) is 22.3 Å². The standard InChI is InChI=1S/C43H42F2N6O3S2/c1-28-13-16-32(17-14-28)56(53,54)51-22-19-33-35-27-50-26-30(25-46-50)42(2,3)20-9-10-21-43(4,29-11-7-6-8-12-29)41-47-40(49(5)48-41)34-23-31(15-18-36(34)44)55(52)39(35)37(45)24-38(33)51/h6-8,11-19,22-26H,9-10,20-21,27H2,1-5H3. The van der Waals surface area contributed by atoms with Crippen LogP contribution >= 0.6 is 0 Å². The van der Waals surface area contributed by atoms with Crippen LogP contribution in [0.1, 0.15) is 74.5 Å². The molecule has 0 amide bonds. The lowest BCUT2D eigenvalue weighted by Crippen LogP contribution is -2.26. The van der Waals surface area contributed by atoms with E-state index in [9.17, 15) is 12.6 Å². The van der Waals surface area contributed by atoms with Crippen molar-refractivity contribution in [3.8, 4) is 11.4 Å². The SMILES string of the molecule is Cc1ccc(S(=O)(=O)n2ccc3c4c(c(F)cc32)S(=O)c2ccc(F)c(c2)-c2nc(nn2C)C(C)(c2ccccc2)CCCCC(C)(C)c2cnn(c2)C4)cc1. The minimum atomic E-state index is -4.12. The first kappa shape index (κ1) is 37.6. The van der Waals surface area contributed by atoms with Crippen LogP contribution in [0.5, 0.6) is 0 Å². The van der Waals surface area contributed by atoms with E-state index in [-0.39, 0.29) is 43.6 Å². The second kappa shape index (κ2) is 14.0. The third-order valence-corrected chi connectivity index (χ3v) is 14.5. The Bertz CT molecular complexity index is 2760. The van der Waals surface area contributed by atoms with E-state index in [1.165, 1.54) is 41.2 Å². The third-order valence-electron chi connectivity index (χ3n) is 11.3. The number of rotatable bonds is 3. The second-order valence-corrected chi connectivity index (χ2v) is 18.8. The molecule has 2 unspecified atom stereocenters. The fraction of sp³-hybridized carbons (Fsp3) is 0.279. The van der Waals surface area contributed by atoms with Crippen molar-refractivity contribution >= 4 is 31.7 Å². The molecule has 8 rings (SSSR count). The van der Waals surface area contributed by atoms with Gasteiger partial charge < -0.3 is 0 Å². The Kier molecular flexibility index (Phi) is 9.43. The lowest BCUT2D eigenvalue weighted by molar-refractivity contribution is 0.407. The largest absolute Gasteiger partial charge is 0.268 e. The molecule has 56 heavy (non-hydrogen) atoms. The summed E-state index contributed by atoms with van der Waals surface area (Å²) in [6, 6.07) is 23.2. The fourth-order valence-corrected chi connectivity index (χ4v) is 10.4. The number of fused-ring (bicyclic) bond motifs is 10. The minimum absolute atomic E-state index is 0.00384. The summed E-state index contributed by atoms with van der Waals surface area (Å²) >= 11 is 0. The van der Waals surface area contributed by atoms with Crippen molar-refractivity contribution in [2.45, 2.75) is 85.4 Å². The van der Waals surface area contributed by atoms with Gasteiger partial charge in [0.15, 0.2) is 11.6 Å². The van der Waals surface area contributed by atoms with Crippen molar-refractivity contribution in [3.05, 3.63) is 143 Å². The number of aryl methyl sites for hydroxylation is 2. The lowest BCUT2D eigenvalue weighted by Gasteiger charge is -2.29. The van der Waals surface area contributed by atoms with Gasteiger partial charge in [0.1, 0.15) is 11.6 Å². The molecule has 0 radical (unpaired) electrons. The van der Waals surface area contributed by atoms with E-state index < -0.39 is 37.9 Å². The molecule has 9 nitrogen and oxygen atoms in total. The summed E-state index contributed by atoms with van der Waals surface area (Å²) in [4.78, 5) is 4.98. The van der Waals surface area contributed by atoms with Crippen LogP contribution in [-0.2, 0) is 45.2 Å². The fourth-order valence-electron chi connectivity index (χ4n) is 7.77. The zero-order chi connectivity index (χ0) is 39.6. The minimum Gasteiger partial charge on any atom is -0.268 e. The Balaban J connectivity index is 1.33. The Morgan fingerprint density at radius 2 is 1.59 bits per heavy atom. The van der Waals surface area contributed by atoms with Crippen molar-refractivity contribution < 1.29 is 21.4 Å². The van der Waals surface area contributed by atoms with Gasteiger partial charge in [-0.2, -0.15) is 10.2 Å². The molecule has 0 fully saturated rings. The van der Waals surface area contributed by atoms with E-state index in [1.807, 2.05) is 31.3 Å². The Hall–Kier alpha value is -5.27. The summed E-state index contributed by atoms with van der Waals surface area (Å²) in [5, 5.41) is 9.91. The van der Waals surface area contributed by atoms with Crippen LogP contribution in [0.2, 0.25) is 0 Å². The highest BCUT2D eigenvalue weighted by atomic mass is 32.2. The maximum absolute atomic E-state index is 16.8. The van der Waals surface area contributed by atoms with Crippen LogP contribution in [0.3, 0.4) is 0 Å². The first-order chi connectivity index (χ1) is 26.7. The van der Waals surface area contributed by atoms with E-state index in [0.29, 0.717) is 16.8 Å². The average molecular weight is 793 g/mol. The molecule has 1 aliphatic rings. The smallest absolute Gasteiger partial charge is 0.268 e. The first-order valence-electron chi connectivity index (χ1n) is 18.5. The summed E-state index contributed by atoms with van der Waals surface area (Å²) < 4.78 is 79.4. The number of nitrogens with zero attached hydrogens (tertiary/aromatic N) is 6. The molecule has 0 saturated carbocycles. The van der Waals surface area contributed by atoms with Crippen LogP contribution in [0, 0.1) is 18.6 Å². The Labute approximate surface area is 327 Å². The van der Waals surface area contributed by atoms with Crippen LogP contribution in [0.15, 0.2) is 118 Å².